The number of halogens is 6. The SMILES string of the molecule is NC(=O)c1ccc2c(c1)CCN2.NCc1cccc(N(CC(=O)O)C(=O)c2ccccc2)c1.O=C(O)C(F)(F)F.O=C(O)C(F)(F)F. The number of carboxylic acids is 3. The predicted octanol–water partition coefficient (Wildman–Crippen LogP) is 3.90. The number of carbonyl (C=O) groups is 5. The number of primary amides is 1. The largest absolute Gasteiger partial charge is 0.490 e. The third-order valence-electron chi connectivity index (χ3n) is 5.60. The lowest BCUT2D eigenvalue weighted by atomic mass is 10.1. The average molecular weight is 675 g/mol. The van der Waals surface area contributed by atoms with Crippen molar-refractivity contribution in [2.75, 3.05) is 23.3 Å². The van der Waals surface area contributed by atoms with Crippen LogP contribution < -0.4 is 21.7 Å². The Hall–Kier alpha value is -5.65. The lowest BCUT2D eigenvalue weighted by molar-refractivity contribution is -0.193. The fourth-order valence-corrected chi connectivity index (χ4v) is 3.46. The summed E-state index contributed by atoms with van der Waals surface area (Å²) in [6, 6.07) is 21.1. The first-order valence-electron chi connectivity index (χ1n) is 12.9. The molecule has 0 radical (unpaired) electrons. The molecule has 0 fully saturated rings. The standard InChI is InChI=1S/C16H16N2O3.C9H10N2O.2C2HF3O2/c17-10-12-5-4-8-14(9-12)18(11-15(19)20)16(21)13-6-2-1-3-7-13;10-9(12)7-1-2-8-6(5-7)3-4-11-8;2*3-2(4,5)1(6)7/h1-9H,10-11,17H2,(H,19,20);1-2,5,11H,3-4H2,(H2,10,12);2*(H,6,7). The van der Waals surface area contributed by atoms with Crippen molar-refractivity contribution in [1.29, 1.82) is 0 Å². The number of hydrogen-bond donors (Lipinski definition) is 6. The van der Waals surface area contributed by atoms with Crippen LogP contribution in [0.5, 0.6) is 0 Å². The smallest absolute Gasteiger partial charge is 0.480 e. The molecule has 47 heavy (non-hydrogen) atoms. The molecule has 2 amide bonds. The van der Waals surface area contributed by atoms with Crippen molar-refractivity contribution < 1.29 is 65.6 Å². The molecular weight excluding hydrogens is 646 g/mol. The normalized spacial score (nSPS) is 11.4. The number of nitrogens with zero attached hydrogens (tertiary/aromatic N) is 1. The number of alkyl halides is 6. The number of aliphatic carboxylic acids is 3. The summed E-state index contributed by atoms with van der Waals surface area (Å²) in [6.07, 6.45) is -9.18. The van der Waals surface area contributed by atoms with Crippen molar-refractivity contribution >= 4 is 41.1 Å². The highest BCUT2D eigenvalue weighted by molar-refractivity contribution is 6.08. The third kappa shape index (κ3) is 13.9. The van der Waals surface area contributed by atoms with Gasteiger partial charge in [-0.15, -0.1) is 0 Å². The van der Waals surface area contributed by atoms with Gasteiger partial charge in [-0.2, -0.15) is 26.3 Å². The number of carbonyl (C=O) groups excluding carboxylic acids is 2. The molecule has 0 aliphatic carbocycles. The van der Waals surface area contributed by atoms with Crippen LogP contribution in [-0.4, -0.2) is 70.5 Å². The molecule has 0 saturated heterocycles. The zero-order valence-corrected chi connectivity index (χ0v) is 24.0. The zero-order chi connectivity index (χ0) is 35.9. The number of fused-ring (bicyclic) bond motifs is 1. The monoisotopic (exact) mass is 674 g/mol. The van der Waals surface area contributed by atoms with Crippen LogP contribution in [0.2, 0.25) is 0 Å². The molecular formula is C29H28F6N4O8. The van der Waals surface area contributed by atoms with Crippen LogP contribution >= 0.6 is 0 Å². The summed E-state index contributed by atoms with van der Waals surface area (Å²) in [7, 11) is 0. The van der Waals surface area contributed by atoms with E-state index in [9.17, 15) is 40.7 Å². The van der Waals surface area contributed by atoms with E-state index in [1.165, 1.54) is 10.5 Å². The molecule has 18 heteroatoms. The molecule has 12 nitrogen and oxygen atoms in total. The zero-order valence-electron chi connectivity index (χ0n) is 24.0. The lowest BCUT2D eigenvalue weighted by Crippen LogP contribution is -2.35. The highest BCUT2D eigenvalue weighted by Gasteiger charge is 2.38. The molecule has 1 aliphatic rings. The number of anilines is 2. The highest BCUT2D eigenvalue weighted by Crippen LogP contribution is 2.23. The van der Waals surface area contributed by atoms with Crippen LogP contribution in [0.4, 0.5) is 37.7 Å². The summed E-state index contributed by atoms with van der Waals surface area (Å²) >= 11 is 0. The van der Waals surface area contributed by atoms with Gasteiger partial charge in [-0.3, -0.25) is 19.3 Å². The van der Waals surface area contributed by atoms with Crippen LogP contribution in [-0.2, 0) is 27.3 Å². The number of hydrogen-bond acceptors (Lipinski definition) is 7. The maximum absolute atomic E-state index is 12.5. The molecule has 254 valence electrons. The van der Waals surface area contributed by atoms with Gasteiger partial charge in [0.2, 0.25) is 5.91 Å². The number of nitrogens with one attached hydrogen (secondary N) is 1. The second-order valence-corrected chi connectivity index (χ2v) is 9.04. The van der Waals surface area contributed by atoms with Crippen LogP contribution in [0.3, 0.4) is 0 Å². The Morgan fingerprint density at radius 2 is 1.32 bits per heavy atom. The van der Waals surface area contributed by atoms with Crippen molar-refractivity contribution in [3.63, 3.8) is 0 Å². The maximum Gasteiger partial charge on any atom is 0.490 e. The van der Waals surface area contributed by atoms with E-state index >= 15 is 0 Å². The second kappa shape index (κ2) is 17.7. The van der Waals surface area contributed by atoms with Gasteiger partial charge in [0.25, 0.3) is 5.91 Å². The van der Waals surface area contributed by atoms with Gasteiger partial charge in [0.1, 0.15) is 6.54 Å². The van der Waals surface area contributed by atoms with E-state index in [0.29, 0.717) is 23.4 Å². The Morgan fingerprint density at radius 1 is 0.766 bits per heavy atom. The summed E-state index contributed by atoms with van der Waals surface area (Å²) in [5, 5.41) is 26.5. The Kier molecular flexibility index (Phi) is 14.9. The van der Waals surface area contributed by atoms with E-state index in [2.05, 4.69) is 5.32 Å². The van der Waals surface area contributed by atoms with Gasteiger partial charge >= 0.3 is 30.3 Å². The van der Waals surface area contributed by atoms with Crippen molar-refractivity contribution in [2.24, 2.45) is 11.5 Å². The van der Waals surface area contributed by atoms with E-state index < -0.39 is 36.8 Å². The van der Waals surface area contributed by atoms with E-state index in [1.807, 2.05) is 18.2 Å². The first kappa shape index (κ1) is 39.4. The first-order chi connectivity index (χ1) is 21.8. The Bertz CT molecular complexity index is 1530. The second-order valence-electron chi connectivity index (χ2n) is 9.04. The van der Waals surface area contributed by atoms with Crippen LogP contribution in [0.1, 0.15) is 31.8 Å². The Labute approximate surface area is 262 Å². The molecule has 1 aliphatic heterocycles. The lowest BCUT2D eigenvalue weighted by Gasteiger charge is -2.21. The predicted molar refractivity (Wildman–Crippen MR) is 155 cm³/mol. The molecule has 0 unspecified atom stereocenters. The molecule has 4 rings (SSSR count). The Balaban J connectivity index is 0.000000357. The molecule has 8 N–H and O–H groups in total. The number of carboxylic acid groups (broad SMARTS) is 3. The van der Waals surface area contributed by atoms with Gasteiger partial charge in [0, 0.05) is 35.6 Å². The van der Waals surface area contributed by atoms with E-state index in [4.69, 9.17) is 36.4 Å². The molecule has 3 aromatic carbocycles. The molecule has 3 aromatic rings. The van der Waals surface area contributed by atoms with Crippen molar-refractivity contribution in [2.45, 2.75) is 25.3 Å². The first-order valence-corrected chi connectivity index (χ1v) is 12.9. The summed E-state index contributed by atoms with van der Waals surface area (Å²) < 4.78 is 63.5. The summed E-state index contributed by atoms with van der Waals surface area (Å²) in [6.45, 7) is 0.883. The fourth-order valence-electron chi connectivity index (χ4n) is 3.46. The quantitative estimate of drug-likeness (QED) is 0.208. The van der Waals surface area contributed by atoms with E-state index in [-0.39, 0.29) is 11.8 Å². The summed E-state index contributed by atoms with van der Waals surface area (Å²) in [5.74, 6) is -7.30. The fraction of sp³-hybridized carbons (Fsp3) is 0.207. The topological polar surface area (TPSA) is 213 Å². The van der Waals surface area contributed by atoms with Crippen LogP contribution in [0, 0.1) is 0 Å². The Morgan fingerprint density at radius 3 is 1.79 bits per heavy atom. The number of rotatable bonds is 6. The molecule has 0 atom stereocenters. The van der Waals surface area contributed by atoms with Crippen LogP contribution in [0.25, 0.3) is 0 Å². The molecule has 1 heterocycles. The summed E-state index contributed by atoms with van der Waals surface area (Å²) in [4.78, 5) is 53.4. The van der Waals surface area contributed by atoms with Gasteiger partial charge in [0.15, 0.2) is 0 Å². The summed E-state index contributed by atoms with van der Waals surface area (Å²) in [5.41, 5.74) is 15.4. The molecule has 0 aromatic heterocycles. The van der Waals surface area contributed by atoms with Crippen molar-refractivity contribution in [3.05, 3.63) is 95.1 Å². The minimum atomic E-state index is -5.08. The average Bonchev–Trinajstić information content (AvgIpc) is 3.48. The third-order valence-corrected chi connectivity index (χ3v) is 5.60. The van der Waals surface area contributed by atoms with E-state index in [0.717, 1.165) is 24.2 Å². The highest BCUT2D eigenvalue weighted by atomic mass is 19.4. The van der Waals surface area contributed by atoms with Gasteiger partial charge in [-0.1, -0.05) is 30.3 Å². The van der Waals surface area contributed by atoms with Gasteiger partial charge in [0.05, 0.1) is 0 Å². The van der Waals surface area contributed by atoms with Crippen molar-refractivity contribution in [3.8, 4) is 0 Å². The minimum Gasteiger partial charge on any atom is -0.480 e. The number of amides is 2. The minimum absolute atomic E-state index is 0.328. The molecule has 0 bridgehead atoms. The van der Waals surface area contributed by atoms with Gasteiger partial charge in [-0.25, -0.2) is 9.59 Å². The van der Waals surface area contributed by atoms with Crippen molar-refractivity contribution in [1.82, 2.24) is 0 Å². The molecule has 0 saturated carbocycles. The van der Waals surface area contributed by atoms with Gasteiger partial charge < -0.3 is 32.1 Å². The molecule has 0 spiro atoms. The van der Waals surface area contributed by atoms with Crippen LogP contribution in [0.15, 0.2) is 72.8 Å². The maximum atomic E-state index is 12.5. The van der Waals surface area contributed by atoms with Gasteiger partial charge in [-0.05, 0) is 60.0 Å². The number of benzene rings is 3. The number of nitrogens with two attached hydrogens (primary N) is 2. The van der Waals surface area contributed by atoms with E-state index in [1.54, 1.807) is 54.6 Å².